The van der Waals surface area contributed by atoms with Gasteiger partial charge in [0.25, 0.3) is 0 Å². The number of unbranched alkanes of at least 4 members (excludes halogenated alkanes) is 19. The predicted molar refractivity (Wildman–Crippen MR) is 139 cm³/mol. The van der Waals surface area contributed by atoms with Crippen molar-refractivity contribution in [3.8, 4) is 0 Å². The average Bonchev–Trinajstić information content (AvgIpc) is 2.78. The maximum Gasteiger partial charge on any atom is 1.00 e. The Morgan fingerprint density at radius 1 is 0.485 bits per heavy atom. The summed E-state index contributed by atoms with van der Waals surface area (Å²) in [7, 11) is 0. The third-order valence-electron chi connectivity index (χ3n) is 6.76. The van der Waals surface area contributed by atoms with Gasteiger partial charge in [0.1, 0.15) is 0 Å². The van der Waals surface area contributed by atoms with Crippen LogP contribution in [0, 0.1) is 0 Å². The van der Waals surface area contributed by atoms with Gasteiger partial charge in [-0.3, -0.25) is 0 Å². The number of rotatable bonds is 27. The number of carbonyl (C=O) groups is 1. The number of hydrogen-bond acceptors (Lipinski definition) is 3. The third kappa shape index (κ3) is 30.4. The van der Waals surface area contributed by atoms with Crippen LogP contribution in [0.25, 0.3) is 0 Å². The van der Waals surface area contributed by atoms with Crippen molar-refractivity contribution in [1.29, 1.82) is 0 Å². The molecule has 0 heterocycles. The second kappa shape index (κ2) is 30.5. The zero-order valence-corrected chi connectivity index (χ0v) is 25.1. The molecule has 33 heavy (non-hydrogen) atoms. The maximum atomic E-state index is 10.7. The second-order valence-electron chi connectivity index (χ2n) is 10.0. The van der Waals surface area contributed by atoms with Crippen LogP contribution >= 0.6 is 0 Å². The zero-order valence-electron chi connectivity index (χ0n) is 23.1. The van der Waals surface area contributed by atoms with Crippen LogP contribution in [0.3, 0.4) is 0 Å². The summed E-state index contributed by atoms with van der Waals surface area (Å²) in [4.78, 5) is 13.3. The van der Waals surface area contributed by atoms with Crippen molar-refractivity contribution < 1.29 is 39.5 Å². The van der Waals surface area contributed by atoms with Crippen molar-refractivity contribution in [1.82, 2.24) is 4.90 Å². The fourth-order valence-electron chi connectivity index (χ4n) is 4.59. The molecular formula is C29H58NNaO2. The van der Waals surface area contributed by atoms with E-state index in [0.29, 0.717) is 0 Å². The van der Waals surface area contributed by atoms with E-state index in [2.05, 4.69) is 18.7 Å². The van der Waals surface area contributed by atoms with E-state index in [1.54, 1.807) is 0 Å². The maximum absolute atomic E-state index is 10.7. The van der Waals surface area contributed by atoms with Gasteiger partial charge in [-0.15, -0.1) is 0 Å². The number of carboxylic acid groups (broad SMARTS) is 1. The first-order chi connectivity index (χ1) is 15.7. The molecule has 0 unspecified atom stereocenters. The third-order valence-corrected chi connectivity index (χ3v) is 6.76. The first kappa shape index (κ1) is 35.6. The van der Waals surface area contributed by atoms with Crippen LogP contribution in [0.1, 0.15) is 162 Å². The van der Waals surface area contributed by atoms with Gasteiger partial charge in [-0.05, 0) is 51.7 Å². The van der Waals surface area contributed by atoms with Crippen molar-refractivity contribution in [2.75, 3.05) is 19.6 Å². The number of carboxylic acids is 1. The van der Waals surface area contributed by atoms with E-state index in [1.165, 1.54) is 142 Å². The SMILES string of the molecule is CCCCCCCCCCCCN(CCCCCCCCCCCC)CCCCC(=O)[O-].[Na+]. The van der Waals surface area contributed by atoms with Crippen LogP contribution in [0.4, 0.5) is 0 Å². The molecule has 0 atom stereocenters. The fraction of sp³-hybridized carbons (Fsp3) is 0.966. The molecule has 0 amide bonds. The van der Waals surface area contributed by atoms with E-state index in [1.807, 2.05) is 0 Å². The molecule has 0 rings (SSSR count). The van der Waals surface area contributed by atoms with Gasteiger partial charge in [0.2, 0.25) is 0 Å². The van der Waals surface area contributed by atoms with Gasteiger partial charge in [-0.2, -0.15) is 0 Å². The number of carbonyl (C=O) groups excluding carboxylic acids is 1. The number of aliphatic carboxylic acids is 1. The Kier molecular flexibility index (Phi) is 32.9. The molecule has 0 fully saturated rings. The Hall–Kier alpha value is 0.430. The molecule has 0 N–H and O–H groups in total. The standard InChI is InChI=1S/C29H59NO2.Na/c1-3-5-7-9-11-13-15-17-19-22-26-30(28-24-21-25-29(31)32)27-23-20-18-16-14-12-10-8-6-4-2;/h3-28H2,1-2H3,(H,31,32);/q;+1/p-1. The molecule has 0 bridgehead atoms. The van der Waals surface area contributed by atoms with E-state index in [4.69, 9.17) is 0 Å². The van der Waals surface area contributed by atoms with Crippen molar-refractivity contribution in [3.63, 3.8) is 0 Å². The van der Waals surface area contributed by atoms with Crippen molar-refractivity contribution >= 4 is 5.97 Å². The average molecular weight is 476 g/mol. The normalized spacial score (nSPS) is 11.1. The predicted octanol–water partition coefficient (Wildman–Crippen LogP) is 5.05. The van der Waals surface area contributed by atoms with Crippen LogP contribution in [-0.2, 0) is 4.79 Å². The minimum Gasteiger partial charge on any atom is -0.550 e. The van der Waals surface area contributed by atoms with Crippen LogP contribution in [0.15, 0.2) is 0 Å². The molecule has 0 aromatic carbocycles. The van der Waals surface area contributed by atoms with Gasteiger partial charge in [-0.25, -0.2) is 0 Å². The molecule has 0 saturated carbocycles. The topological polar surface area (TPSA) is 43.4 Å². The van der Waals surface area contributed by atoms with Gasteiger partial charge in [0.05, 0.1) is 0 Å². The summed E-state index contributed by atoms with van der Waals surface area (Å²) >= 11 is 0. The molecule has 0 aromatic heterocycles. The van der Waals surface area contributed by atoms with E-state index < -0.39 is 5.97 Å². The van der Waals surface area contributed by atoms with E-state index >= 15 is 0 Å². The monoisotopic (exact) mass is 475 g/mol. The van der Waals surface area contributed by atoms with Gasteiger partial charge in [0.15, 0.2) is 0 Å². The van der Waals surface area contributed by atoms with Crippen molar-refractivity contribution in [3.05, 3.63) is 0 Å². The van der Waals surface area contributed by atoms with Crippen molar-refractivity contribution in [2.24, 2.45) is 0 Å². The molecular weight excluding hydrogens is 417 g/mol. The minimum absolute atomic E-state index is 0. The summed E-state index contributed by atoms with van der Waals surface area (Å²) in [5, 5.41) is 10.7. The first-order valence-corrected chi connectivity index (χ1v) is 14.6. The molecule has 4 heteroatoms. The first-order valence-electron chi connectivity index (χ1n) is 14.6. The van der Waals surface area contributed by atoms with E-state index in [0.717, 1.165) is 19.4 Å². The van der Waals surface area contributed by atoms with Gasteiger partial charge in [-0.1, -0.05) is 129 Å². The molecule has 0 saturated heterocycles. The van der Waals surface area contributed by atoms with Gasteiger partial charge >= 0.3 is 29.6 Å². The molecule has 0 radical (unpaired) electrons. The van der Waals surface area contributed by atoms with Crippen LogP contribution in [-0.4, -0.2) is 30.5 Å². The molecule has 0 aliphatic carbocycles. The summed E-state index contributed by atoms with van der Waals surface area (Å²) in [6.45, 7) is 8.01. The molecule has 0 spiro atoms. The van der Waals surface area contributed by atoms with E-state index in [9.17, 15) is 9.90 Å². The molecule has 0 aliphatic rings. The van der Waals surface area contributed by atoms with Crippen molar-refractivity contribution in [2.45, 2.75) is 162 Å². The molecule has 192 valence electrons. The Balaban J connectivity index is 0. The smallest absolute Gasteiger partial charge is 0.550 e. The van der Waals surface area contributed by atoms with Gasteiger partial charge < -0.3 is 14.8 Å². The Morgan fingerprint density at radius 2 is 0.758 bits per heavy atom. The summed E-state index contributed by atoms with van der Waals surface area (Å²) in [5.41, 5.74) is 0. The largest absolute Gasteiger partial charge is 1.00 e. The fourth-order valence-corrected chi connectivity index (χ4v) is 4.59. The van der Waals surface area contributed by atoms with Crippen LogP contribution in [0.2, 0.25) is 0 Å². The second-order valence-corrected chi connectivity index (χ2v) is 10.0. The summed E-state index contributed by atoms with van der Waals surface area (Å²) < 4.78 is 0. The Morgan fingerprint density at radius 3 is 1.06 bits per heavy atom. The molecule has 0 aliphatic heterocycles. The number of hydrogen-bond donors (Lipinski definition) is 0. The zero-order chi connectivity index (χ0) is 23.5. The quantitative estimate of drug-likeness (QED) is 0.123. The van der Waals surface area contributed by atoms with E-state index in [-0.39, 0.29) is 36.0 Å². The van der Waals surface area contributed by atoms with Gasteiger partial charge in [0, 0.05) is 5.97 Å². The summed E-state index contributed by atoms with van der Waals surface area (Å²) in [6, 6.07) is 0. The van der Waals surface area contributed by atoms with Crippen LogP contribution in [0.5, 0.6) is 0 Å². The Labute approximate surface area is 230 Å². The van der Waals surface area contributed by atoms with Crippen LogP contribution < -0.4 is 34.7 Å². The summed E-state index contributed by atoms with van der Waals surface area (Å²) in [5.74, 6) is -0.902. The Bertz CT molecular complexity index is 355. The minimum atomic E-state index is -0.902. The molecule has 3 nitrogen and oxygen atoms in total. The summed E-state index contributed by atoms with van der Waals surface area (Å²) in [6.07, 6.45) is 29.6. The molecule has 0 aromatic rings. The number of nitrogens with zero attached hydrogens (tertiary/aromatic N) is 1.